The topological polar surface area (TPSA) is 55.9 Å². The smallest absolute Gasteiger partial charge is 0.0631 e. The zero-order valence-corrected chi connectivity index (χ0v) is 9.90. The van der Waals surface area contributed by atoms with Crippen molar-refractivity contribution in [2.45, 2.75) is 46.2 Å². The van der Waals surface area contributed by atoms with Crippen LogP contribution in [0.5, 0.6) is 0 Å². The molecule has 86 valence electrons. The average Bonchev–Trinajstić information content (AvgIpc) is 2.63. The molecule has 0 fully saturated rings. The molecule has 1 unspecified atom stereocenters. The summed E-state index contributed by atoms with van der Waals surface area (Å²) in [4.78, 5) is 0. The number of nitrogens with one attached hydrogen (secondary N) is 1. The number of aromatic nitrogens is 2. The Bertz CT molecular complexity index is 280. The maximum absolute atomic E-state index is 5.59. The van der Waals surface area contributed by atoms with Gasteiger partial charge in [-0.05, 0) is 24.8 Å². The Hall–Kier alpha value is -0.870. The molecule has 0 spiro atoms. The molecule has 1 aromatic rings. The van der Waals surface area contributed by atoms with Gasteiger partial charge < -0.3 is 0 Å². The number of hydrogen-bond acceptors (Lipinski definition) is 3. The summed E-state index contributed by atoms with van der Waals surface area (Å²) in [5.41, 5.74) is 4.06. The second-order valence-electron chi connectivity index (χ2n) is 4.33. The van der Waals surface area contributed by atoms with E-state index in [-0.39, 0.29) is 6.04 Å². The Kier molecular flexibility index (Phi) is 4.78. The number of hydrazine groups is 1. The molecule has 0 aliphatic heterocycles. The van der Waals surface area contributed by atoms with Gasteiger partial charge in [0, 0.05) is 12.7 Å². The molecule has 4 heteroatoms. The van der Waals surface area contributed by atoms with Gasteiger partial charge in [0.25, 0.3) is 0 Å². The molecule has 0 radical (unpaired) electrons. The van der Waals surface area contributed by atoms with E-state index in [1.54, 1.807) is 0 Å². The first-order valence-electron chi connectivity index (χ1n) is 5.66. The standard InChI is InChI=1S/C11H22N4/c1-4-7-15-11(5-6-13-15)10(14-12)8-9(2)3/h5-6,9-10,14H,4,7-8,12H2,1-3H3. The van der Waals surface area contributed by atoms with Crippen molar-refractivity contribution < 1.29 is 0 Å². The van der Waals surface area contributed by atoms with Gasteiger partial charge in [0.2, 0.25) is 0 Å². The van der Waals surface area contributed by atoms with Gasteiger partial charge in [0.1, 0.15) is 0 Å². The minimum absolute atomic E-state index is 0.207. The second-order valence-corrected chi connectivity index (χ2v) is 4.33. The predicted molar refractivity (Wildman–Crippen MR) is 62.0 cm³/mol. The number of rotatable bonds is 6. The summed E-state index contributed by atoms with van der Waals surface area (Å²) < 4.78 is 2.03. The quantitative estimate of drug-likeness (QED) is 0.556. The Labute approximate surface area is 91.8 Å². The largest absolute Gasteiger partial charge is 0.271 e. The first kappa shape index (κ1) is 12.2. The van der Waals surface area contributed by atoms with Crippen LogP contribution >= 0.6 is 0 Å². The van der Waals surface area contributed by atoms with E-state index >= 15 is 0 Å². The molecule has 15 heavy (non-hydrogen) atoms. The highest BCUT2D eigenvalue weighted by molar-refractivity contribution is 5.06. The van der Waals surface area contributed by atoms with Gasteiger partial charge in [0.05, 0.1) is 11.7 Å². The van der Waals surface area contributed by atoms with E-state index in [0.29, 0.717) is 5.92 Å². The molecule has 1 heterocycles. The SMILES string of the molecule is CCCn1nccc1C(CC(C)C)NN. The maximum Gasteiger partial charge on any atom is 0.0631 e. The van der Waals surface area contributed by atoms with Gasteiger partial charge in [-0.15, -0.1) is 0 Å². The van der Waals surface area contributed by atoms with Crippen molar-refractivity contribution in [3.05, 3.63) is 18.0 Å². The Morgan fingerprint density at radius 1 is 1.53 bits per heavy atom. The van der Waals surface area contributed by atoms with Crippen molar-refractivity contribution in [3.8, 4) is 0 Å². The van der Waals surface area contributed by atoms with Gasteiger partial charge in [-0.2, -0.15) is 5.10 Å². The Morgan fingerprint density at radius 3 is 2.80 bits per heavy atom. The van der Waals surface area contributed by atoms with Crippen molar-refractivity contribution in [1.82, 2.24) is 15.2 Å². The molecule has 4 nitrogen and oxygen atoms in total. The monoisotopic (exact) mass is 210 g/mol. The first-order chi connectivity index (χ1) is 7.19. The van der Waals surface area contributed by atoms with Crippen LogP contribution in [-0.4, -0.2) is 9.78 Å². The Balaban J connectivity index is 2.76. The lowest BCUT2D eigenvalue weighted by Gasteiger charge is -2.19. The minimum atomic E-state index is 0.207. The fraction of sp³-hybridized carbons (Fsp3) is 0.727. The van der Waals surface area contributed by atoms with Crippen LogP contribution in [0.1, 0.15) is 45.3 Å². The van der Waals surface area contributed by atoms with E-state index in [9.17, 15) is 0 Å². The average molecular weight is 210 g/mol. The number of aryl methyl sites for hydroxylation is 1. The summed E-state index contributed by atoms with van der Waals surface area (Å²) in [7, 11) is 0. The summed E-state index contributed by atoms with van der Waals surface area (Å²) in [6, 6.07) is 2.25. The number of nitrogens with two attached hydrogens (primary N) is 1. The Morgan fingerprint density at radius 2 is 2.27 bits per heavy atom. The predicted octanol–water partition coefficient (Wildman–Crippen LogP) is 1.84. The lowest BCUT2D eigenvalue weighted by atomic mass is 10.0. The van der Waals surface area contributed by atoms with Crippen LogP contribution < -0.4 is 11.3 Å². The van der Waals surface area contributed by atoms with Gasteiger partial charge in [-0.1, -0.05) is 20.8 Å². The van der Waals surface area contributed by atoms with Gasteiger partial charge >= 0.3 is 0 Å². The van der Waals surface area contributed by atoms with Crippen molar-refractivity contribution in [2.75, 3.05) is 0 Å². The van der Waals surface area contributed by atoms with E-state index in [0.717, 1.165) is 19.4 Å². The summed E-state index contributed by atoms with van der Waals surface area (Å²) in [5.74, 6) is 6.21. The van der Waals surface area contributed by atoms with Crippen molar-refractivity contribution in [1.29, 1.82) is 0 Å². The van der Waals surface area contributed by atoms with Crippen molar-refractivity contribution in [2.24, 2.45) is 11.8 Å². The molecule has 0 saturated heterocycles. The maximum atomic E-state index is 5.59. The van der Waals surface area contributed by atoms with Crippen LogP contribution in [0.3, 0.4) is 0 Å². The summed E-state index contributed by atoms with van der Waals surface area (Å²) in [6.45, 7) is 7.51. The van der Waals surface area contributed by atoms with E-state index in [1.807, 2.05) is 16.9 Å². The molecule has 3 N–H and O–H groups in total. The van der Waals surface area contributed by atoms with Crippen LogP contribution in [0.4, 0.5) is 0 Å². The second kappa shape index (κ2) is 5.88. The molecule has 1 atom stereocenters. The van der Waals surface area contributed by atoms with E-state index in [4.69, 9.17) is 5.84 Å². The van der Waals surface area contributed by atoms with Crippen molar-refractivity contribution in [3.63, 3.8) is 0 Å². The third kappa shape index (κ3) is 3.32. The summed E-state index contributed by atoms with van der Waals surface area (Å²) in [6.07, 6.45) is 3.97. The van der Waals surface area contributed by atoms with Crippen LogP contribution in [0, 0.1) is 5.92 Å². The minimum Gasteiger partial charge on any atom is -0.271 e. The van der Waals surface area contributed by atoms with Crippen LogP contribution in [0.15, 0.2) is 12.3 Å². The number of hydrogen-bond donors (Lipinski definition) is 2. The lowest BCUT2D eigenvalue weighted by molar-refractivity contribution is 0.406. The highest BCUT2D eigenvalue weighted by Gasteiger charge is 2.15. The summed E-state index contributed by atoms with van der Waals surface area (Å²) >= 11 is 0. The van der Waals surface area contributed by atoms with E-state index in [2.05, 4.69) is 31.3 Å². The third-order valence-electron chi connectivity index (χ3n) is 2.45. The number of nitrogens with zero attached hydrogens (tertiary/aromatic N) is 2. The normalized spacial score (nSPS) is 13.4. The molecule has 0 aliphatic rings. The molecular formula is C11H22N4. The van der Waals surface area contributed by atoms with E-state index in [1.165, 1.54) is 5.69 Å². The molecule has 0 aromatic carbocycles. The van der Waals surface area contributed by atoms with Gasteiger partial charge in [-0.3, -0.25) is 16.0 Å². The zero-order valence-electron chi connectivity index (χ0n) is 9.90. The third-order valence-corrected chi connectivity index (χ3v) is 2.45. The van der Waals surface area contributed by atoms with Gasteiger partial charge in [-0.25, -0.2) is 0 Å². The molecular weight excluding hydrogens is 188 g/mol. The molecule has 0 bridgehead atoms. The van der Waals surface area contributed by atoms with Gasteiger partial charge in [0.15, 0.2) is 0 Å². The molecule has 0 amide bonds. The lowest BCUT2D eigenvalue weighted by Crippen LogP contribution is -2.31. The molecule has 0 aliphatic carbocycles. The van der Waals surface area contributed by atoms with Crippen LogP contribution in [0.2, 0.25) is 0 Å². The highest BCUT2D eigenvalue weighted by Crippen LogP contribution is 2.20. The molecule has 1 rings (SSSR count). The van der Waals surface area contributed by atoms with E-state index < -0.39 is 0 Å². The fourth-order valence-corrected chi connectivity index (χ4v) is 1.78. The molecule has 0 saturated carbocycles. The fourth-order valence-electron chi connectivity index (χ4n) is 1.78. The summed E-state index contributed by atoms with van der Waals surface area (Å²) in [5, 5.41) is 4.30. The molecule has 1 aromatic heterocycles. The van der Waals surface area contributed by atoms with Crippen LogP contribution in [-0.2, 0) is 6.54 Å². The van der Waals surface area contributed by atoms with Crippen LogP contribution in [0.25, 0.3) is 0 Å². The van der Waals surface area contributed by atoms with Crippen molar-refractivity contribution >= 4 is 0 Å². The highest BCUT2D eigenvalue weighted by atomic mass is 15.3. The first-order valence-corrected chi connectivity index (χ1v) is 5.66. The zero-order chi connectivity index (χ0) is 11.3.